The number of hydrogen-bond donors (Lipinski definition) is 0. The predicted octanol–water partition coefficient (Wildman–Crippen LogP) is 2.59. The molecule has 0 saturated carbocycles. The maximum absolute atomic E-state index is 12.6. The van der Waals surface area contributed by atoms with Crippen LogP contribution in [-0.4, -0.2) is 14.5 Å². The number of rotatable bonds is 3. The average molecular weight is 326 g/mol. The molecule has 3 rings (SSSR count). The summed E-state index contributed by atoms with van der Waals surface area (Å²) in [7, 11) is 0. The zero-order chi connectivity index (χ0) is 16.6. The molecule has 0 spiro atoms. The summed E-state index contributed by atoms with van der Waals surface area (Å²) in [6.07, 6.45) is 0. The maximum Gasteiger partial charge on any atom is 0.306 e. The van der Waals surface area contributed by atoms with Gasteiger partial charge in [-0.25, -0.2) is 4.98 Å². The van der Waals surface area contributed by atoms with Gasteiger partial charge in [0.15, 0.2) is 5.52 Å². The summed E-state index contributed by atoms with van der Waals surface area (Å²) in [6, 6.07) is 8.93. The SMILES string of the molecule is Cc1nc2c([N+](=O)[O-])csc2c(=O)n1Cc1ccc(C#N)cc1. The highest BCUT2D eigenvalue weighted by molar-refractivity contribution is 7.17. The standard InChI is InChI=1S/C15H10N4O3S/c1-9-17-13-12(19(21)22)8-23-14(13)15(20)18(9)7-11-4-2-10(6-16)3-5-11/h2-5,8H,7H2,1H3. The van der Waals surface area contributed by atoms with Crippen molar-refractivity contribution in [3.63, 3.8) is 0 Å². The van der Waals surface area contributed by atoms with Crippen molar-refractivity contribution in [2.75, 3.05) is 0 Å². The van der Waals surface area contributed by atoms with Gasteiger partial charge in [-0.3, -0.25) is 19.5 Å². The van der Waals surface area contributed by atoms with Crippen LogP contribution in [0.1, 0.15) is 17.0 Å². The first-order valence-corrected chi connectivity index (χ1v) is 7.51. The molecule has 0 aliphatic heterocycles. The van der Waals surface area contributed by atoms with Gasteiger partial charge < -0.3 is 0 Å². The first kappa shape index (κ1) is 14.9. The largest absolute Gasteiger partial charge is 0.306 e. The van der Waals surface area contributed by atoms with Crippen molar-refractivity contribution in [3.8, 4) is 6.07 Å². The van der Waals surface area contributed by atoms with E-state index in [9.17, 15) is 14.9 Å². The van der Waals surface area contributed by atoms with Crippen molar-refractivity contribution in [1.82, 2.24) is 9.55 Å². The van der Waals surface area contributed by atoms with Crippen LogP contribution < -0.4 is 5.56 Å². The van der Waals surface area contributed by atoms with Crippen LogP contribution in [0.15, 0.2) is 34.4 Å². The minimum absolute atomic E-state index is 0.138. The maximum atomic E-state index is 12.6. The highest BCUT2D eigenvalue weighted by Gasteiger charge is 2.20. The van der Waals surface area contributed by atoms with Gasteiger partial charge in [0, 0.05) is 0 Å². The van der Waals surface area contributed by atoms with Crippen LogP contribution in [0.4, 0.5) is 5.69 Å². The van der Waals surface area contributed by atoms with E-state index in [1.54, 1.807) is 31.2 Å². The van der Waals surface area contributed by atoms with Crippen LogP contribution >= 0.6 is 11.3 Å². The summed E-state index contributed by atoms with van der Waals surface area (Å²) < 4.78 is 1.75. The Hall–Kier alpha value is -3.05. The Morgan fingerprint density at radius 1 is 1.39 bits per heavy atom. The van der Waals surface area contributed by atoms with Gasteiger partial charge in [0.25, 0.3) is 5.56 Å². The molecule has 2 aromatic heterocycles. The third kappa shape index (κ3) is 2.58. The highest BCUT2D eigenvalue weighted by atomic mass is 32.1. The Morgan fingerprint density at radius 3 is 2.70 bits per heavy atom. The molecule has 3 aromatic rings. The molecule has 0 saturated heterocycles. The highest BCUT2D eigenvalue weighted by Crippen LogP contribution is 2.28. The lowest BCUT2D eigenvalue weighted by Crippen LogP contribution is -2.23. The summed E-state index contributed by atoms with van der Waals surface area (Å²) in [5.41, 5.74) is 1.09. The zero-order valence-electron chi connectivity index (χ0n) is 12.0. The molecule has 0 radical (unpaired) electrons. The molecule has 1 aromatic carbocycles. The van der Waals surface area contributed by atoms with E-state index in [2.05, 4.69) is 4.98 Å². The minimum atomic E-state index is -0.532. The van der Waals surface area contributed by atoms with Gasteiger partial charge in [-0.2, -0.15) is 5.26 Å². The molecule has 0 unspecified atom stereocenters. The normalized spacial score (nSPS) is 10.6. The molecule has 7 nitrogen and oxygen atoms in total. The van der Waals surface area contributed by atoms with Crippen LogP contribution in [0.5, 0.6) is 0 Å². The Bertz CT molecular complexity index is 1010. The first-order valence-electron chi connectivity index (χ1n) is 6.63. The summed E-state index contributed by atoms with van der Waals surface area (Å²) in [5.74, 6) is 0.411. The van der Waals surface area contributed by atoms with Gasteiger partial charge in [-0.05, 0) is 24.6 Å². The number of thiophene rings is 1. The predicted molar refractivity (Wildman–Crippen MR) is 85.5 cm³/mol. The van der Waals surface area contributed by atoms with Crippen molar-refractivity contribution in [1.29, 1.82) is 5.26 Å². The molecular formula is C15H10N4O3S. The van der Waals surface area contributed by atoms with Crippen molar-refractivity contribution in [2.45, 2.75) is 13.5 Å². The summed E-state index contributed by atoms with van der Waals surface area (Å²) in [4.78, 5) is 27.2. The Balaban J connectivity index is 2.09. The number of aryl methyl sites for hydroxylation is 1. The number of nitro groups is 1. The van der Waals surface area contributed by atoms with Crippen molar-refractivity contribution in [3.05, 3.63) is 67.1 Å². The smallest absolute Gasteiger partial charge is 0.291 e. The van der Waals surface area contributed by atoms with Crippen LogP contribution in [0.3, 0.4) is 0 Å². The molecule has 0 aliphatic carbocycles. The number of benzene rings is 1. The second kappa shape index (κ2) is 5.62. The third-order valence-electron chi connectivity index (χ3n) is 3.47. The second-order valence-corrected chi connectivity index (χ2v) is 5.79. The number of nitriles is 1. The molecule has 0 atom stereocenters. The topological polar surface area (TPSA) is 102 Å². The lowest BCUT2D eigenvalue weighted by atomic mass is 10.1. The lowest BCUT2D eigenvalue weighted by molar-refractivity contribution is -0.382. The lowest BCUT2D eigenvalue weighted by Gasteiger charge is -2.09. The molecule has 2 heterocycles. The Kier molecular flexibility index (Phi) is 3.64. The molecule has 8 heteroatoms. The quantitative estimate of drug-likeness (QED) is 0.544. The van der Waals surface area contributed by atoms with Crippen molar-refractivity contribution in [2.24, 2.45) is 0 Å². The summed E-state index contributed by atoms with van der Waals surface area (Å²) in [6.45, 7) is 1.94. The monoisotopic (exact) mass is 326 g/mol. The van der Waals surface area contributed by atoms with E-state index in [-0.39, 0.29) is 21.5 Å². The van der Waals surface area contributed by atoms with E-state index in [0.29, 0.717) is 17.9 Å². The van der Waals surface area contributed by atoms with E-state index in [4.69, 9.17) is 5.26 Å². The van der Waals surface area contributed by atoms with Crippen LogP contribution in [0.25, 0.3) is 10.2 Å². The molecule has 0 amide bonds. The third-order valence-corrected chi connectivity index (χ3v) is 4.41. The van der Waals surface area contributed by atoms with E-state index >= 15 is 0 Å². The first-order chi connectivity index (χ1) is 11.0. The summed E-state index contributed by atoms with van der Waals surface area (Å²) in [5, 5.41) is 21.1. The van der Waals surface area contributed by atoms with Gasteiger partial charge in [0.2, 0.25) is 0 Å². The average Bonchev–Trinajstić information content (AvgIpc) is 2.96. The molecule has 0 bridgehead atoms. The Labute approximate surface area is 134 Å². The molecule has 0 aliphatic rings. The fourth-order valence-corrected chi connectivity index (χ4v) is 3.18. The van der Waals surface area contributed by atoms with E-state index in [0.717, 1.165) is 16.9 Å². The van der Waals surface area contributed by atoms with Gasteiger partial charge in [-0.1, -0.05) is 12.1 Å². The number of nitrogens with zero attached hydrogens (tertiary/aromatic N) is 4. The fourth-order valence-electron chi connectivity index (χ4n) is 2.28. The van der Waals surface area contributed by atoms with Crippen LogP contribution in [-0.2, 0) is 6.54 Å². The van der Waals surface area contributed by atoms with Crippen molar-refractivity contribution < 1.29 is 4.92 Å². The molecule has 0 N–H and O–H groups in total. The second-order valence-electron chi connectivity index (χ2n) is 4.91. The van der Waals surface area contributed by atoms with Gasteiger partial charge in [-0.15, -0.1) is 11.3 Å². The van der Waals surface area contributed by atoms with E-state index in [1.165, 1.54) is 9.95 Å². The number of aromatic nitrogens is 2. The number of fused-ring (bicyclic) bond motifs is 1. The minimum Gasteiger partial charge on any atom is -0.291 e. The summed E-state index contributed by atoms with van der Waals surface area (Å²) >= 11 is 1.03. The van der Waals surface area contributed by atoms with Gasteiger partial charge in [0.05, 0.1) is 28.5 Å². The van der Waals surface area contributed by atoms with Crippen molar-refractivity contribution >= 4 is 27.2 Å². The molecular weight excluding hydrogens is 316 g/mol. The molecule has 0 fully saturated rings. The fraction of sp³-hybridized carbons (Fsp3) is 0.133. The van der Waals surface area contributed by atoms with Crippen LogP contribution in [0, 0.1) is 28.4 Å². The van der Waals surface area contributed by atoms with Gasteiger partial charge in [0.1, 0.15) is 10.5 Å². The van der Waals surface area contributed by atoms with Gasteiger partial charge >= 0.3 is 5.69 Å². The molecule has 114 valence electrons. The van der Waals surface area contributed by atoms with Crippen LogP contribution in [0.2, 0.25) is 0 Å². The van der Waals surface area contributed by atoms with E-state index in [1.807, 2.05) is 6.07 Å². The zero-order valence-corrected chi connectivity index (χ0v) is 12.8. The van der Waals surface area contributed by atoms with E-state index < -0.39 is 4.92 Å². The molecule has 23 heavy (non-hydrogen) atoms. The Morgan fingerprint density at radius 2 is 2.09 bits per heavy atom. The number of hydrogen-bond acceptors (Lipinski definition) is 6.